The summed E-state index contributed by atoms with van der Waals surface area (Å²) in [6.45, 7) is 1.71. The number of nitriles is 1. The van der Waals surface area contributed by atoms with Gasteiger partial charge in [-0.2, -0.15) is 10.2 Å². The first-order chi connectivity index (χ1) is 11.2. The van der Waals surface area contributed by atoms with E-state index in [1.54, 1.807) is 55.5 Å². The zero-order valence-electron chi connectivity index (χ0n) is 12.2. The molecule has 0 aliphatic carbocycles. The molecule has 0 saturated heterocycles. The molecular weight excluding hydrogens is 294 g/mol. The summed E-state index contributed by atoms with van der Waals surface area (Å²) in [6, 6.07) is 15.0. The SMILES string of the molecule is Cc1nc(-c2ccc(OC(=O)c3ccc(C#N)cc3)cc2)no1. The van der Waals surface area contributed by atoms with E-state index < -0.39 is 5.97 Å². The van der Waals surface area contributed by atoms with E-state index in [9.17, 15) is 4.79 Å². The lowest BCUT2D eigenvalue weighted by Gasteiger charge is -2.04. The van der Waals surface area contributed by atoms with E-state index in [1.165, 1.54) is 0 Å². The van der Waals surface area contributed by atoms with Crippen LogP contribution < -0.4 is 4.74 Å². The minimum atomic E-state index is -0.488. The molecular formula is C17H11N3O3. The molecule has 0 bridgehead atoms. The highest BCUT2D eigenvalue weighted by atomic mass is 16.5. The van der Waals surface area contributed by atoms with Crippen LogP contribution in [0.4, 0.5) is 0 Å². The van der Waals surface area contributed by atoms with E-state index in [1.807, 2.05) is 6.07 Å². The van der Waals surface area contributed by atoms with Crippen LogP contribution in [0.25, 0.3) is 11.4 Å². The molecule has 3 rings (SSSR count). The summed E-state index contributed by atoms with van der Waals surface area (Å²) in [4.78, 5) is 16.2. The first kappa shape index (κ1) is 14.5. The number of hydrogen-bond donors (Lipinski definition) is 0. The summed E-state index contributed by atoms with van der Waals surface area (Å²) < 4.78 is 10.2. The number of ether oxygens (including phenoxy) is 1. The van der Waals surface area contributed by atoms with Crippen molar-refractivity contribution in [2.75, 3.05) is 0 Å². The Bertz CT molecular complexity index is 875. The monoisotopic (exact) mass is 305 g/mol. The summed E-state index contributed by atoms with van der Waals surface area (Å²) in [5.41, 5.74) is 1.63. The van der Waals surface area contributed by atoms with Crippen molar-refractivity contribution in [2.24, 2.45) is 0 Å². The van der Waals surface area contributed by atoms with Gasteiger partial charge in [-0.25, -0.2) is 4.79 Å². The number of nitrogens with zero attached hydrogens (tertiary/aromatic N) is 3. The predicted octanol–water partition coefficient (Wildman–Crippen LogP) is 3.14. The van der Waals surface area contributed by atoms with Crippen molar-refractivity contribution in [1.82, 2.24) is 10.1 Å². The molecule has 6 heteroatoms. The zero-order chi connectivity index (χ0) is 16.2. The first-order valence-corrected chi connectivity index (χ1v) is 6.79. The summed E-state index contributed by atoms with van der Waals surface area (Å²) in [5, 5.41) is 12.6. The molecule has 0 fully saturated rings. The quantitative estimate of drug-likeness (QED) is 0.545. The maximum atomic E-state index is 12.0. The average Bonchev–Trinajstić information content (AvgIpc) is 3.02. The number of carbonyl (C=O) groups excluding carboxylic acids is 1. The van der Waals surface area contributed by atoms with Gasteiger partial charge in [0.1, 0.15) is 5.75 Å². The van der Waals surface area contributed by atoms with Crippen LogP contribution in [0.15, 0.2) is 53.1 Å². The fraction of sp³-hybridized carbons (Fsp3) is 0.0588. The lowest BCUT2D eigenvalue weighted by atomic mass is 10.1. The van der Waals surface area contributed by atoms with Crippen molar-refractivity contribution >= 4 is 5.97 Å². The van der Waals surface area contributed by atoms with E-state index in [2.05, 4.69) is 10.1 Å². The highest BCUT2D eigenvalue weighted by Gasteiger charge is 2.10. The lowest BCUT2D eigenvalue weighted by molar-refractivity contribution is 0.0735. The molecule has 0 saturated carbocycles. The number of hydrogen-bond acceptors (Lipinski definition) is 6. The van der Waals surface area contributed by atoms with Gasteiger partial charge in [-0.3, -0.25) is 0 Å². The maximum Gasteiger partial charge on any atom is 0.343 e. The molecule has 0 amide bonds. The van der Waals surface area contributed by atoms with Crippen LogP contribution in [0.3, 0.4) is 0 Å². The summed E-state index contributed by atoms with van der Waals surface area (Å²) in [6.07, 6.45) is 0. The van der Waals surface area contributed by atoms with E-state index in [4.69, 9.17) is 14.5 Å². The van der Waals surface area contributed by atoms with Gasteiger partial charge in [0.15, 0.2) is 0 Å². The van der Waals surface area contributed by atoms with Gasteiger partial charge < -0.3 is 9.26 Å². The van der Waals surface area contributed by atoms with Gasteiger partial charge in [0, 0.05) is 12.5 Å². The molecule has 0 unspecified atom stereocenters. The second-order valence-corrected chi connectivity index (χ2v) is 4.74. The number of benzene rings is 2. The molecule has 2 aromatic carbocycles. The zero-order valence-corrected chi connectivity index (χ0v) is 12.2. The van der Waals surface area contributed by atoms with Crippen molar-refractivity contribution in [3.05, 3.63) is 65.5 Å². The molecule has 112 valence electrons. The third kappa shape index (κ3) is 3.24. The number of rotatable bonds is 3. The largest absolute Gasteiger partial charge is 0.423 e. The fourth-order valence-electron chi connectivity index (χ4n) is 1.94. The molecule has 6 nitrogen and oxygen atoms in total. The van der Waals surface area contributed by atoms with E-state index in [-0.39, 0.29) is 0 Å². The summed E-state index contributed by atoms with van der Waals surface area (Å²) >= 11 is 0. The van der Waals surface area contributed by atoms with Gasteiger partial charge in [0.25, 0.3) is 0 Å². The Labute approximate surface area is 131 Å². The maximum absolute atomic E-state index is 12.0. The van der Waals surface area contributed by atoms with Crippen LogP contribution in [0.1, 0.15) is 21.8 Å². The normalized spacial score (nSPS) is 10.1. The third-order valence-corrected chi connectivity index (χ3v) is 3.10. The van der Waals surface area contributed by atoms with Crippen LogP contribution in [0, 0.1) is 18.3 Å². The Kier molecular flexibility index (Phi) is 3.85. The van der Waals surface area contributed by atoms with Crippen molar-refractivity contribution < 1.29 is 14.1 Å². The van der Waals surface area contributed by atoms with Crippen molar-refractivity contribution in [2.45, 2.75) is 6.92 Å². The fourth-order valence-corrected chi connectivity index (χ4v) is 1.94. The molecule has 0 spiro atoms. The van der Waals surface area contributed by atoms with Crippen molar-refractivity contribution in [3.8, 4) is 23.2 Å². The van der Waals surface area contributed by atoms with Crippen molar-refractivity contribution in [3.63, 3.8) is 0 Å². The average molecular weight is 305 g/mol. The molecule has 1 heterocycles. The highest BCUT2D eigenvalue weighted by Crippen LogP contribution is 2.20. The molecule has 23 heavy (non-hydrogen) atoms. The highest BCUT2D eigenvalue weighted by molar-refractivity contribution is 5.91. The van der Waals surface area contributed by atoms with E-state index >= 15 is 0 Å². The predicted molar refractivity (Wildman–Crippen MR) is 80.6 cm³/mol. The third-order valence-electron chi connectivity index (χ3n) is 3.10. The number of esters is 1. The van der Waals surface area contributed by atoms with Gasteiger partial charge in [-0.05, 0) is 48.5 Å². The summed E-state index contributed by atoms with van der Waals surface area (Å²) in [5.74, 6) is 0.879. The van der Waals surface area contributed by atoms with Gasteiger partial charge >= 0.3 is 5.97 Å². The van der Waals surface area contributed by atoms with Crippen LogP contribution in [-0.2, 0) is 0 Å². The second kappa shape index (κ2) is 6.12. The number of aromatic nitrogens is 2. The van der Waals surface area contributed by atoms with Gasteiger partial charge in [-0.1, -0.05) is 5.16 Å². The van der Waals surface area contributed by atoms with Gasteiger partial charge in [-0.15, -0.1) is 0 Å². The molecule has 0 N–H and O–H groups in total. The van der Waals surface area contributed by atoms with E-state index in [0.717, 1.165) is 5.56 Å². The number of aryl methyl sites for hydroxylation is 1. The topological polar surface area (TPSA) is 89.0 Å². The van der Waals surface area contributed by atoms with Crippen LogP contribution >= 0.6 is 0 Å². The van der Waals surface area contributed by atoms with Crippen LogP contribution in [0.5, 0.6) is 5.75 Å². The standard InChI is InChI=1S/C17H11N3O3/c1-11-19-16(20-23-11)13-6-8-15(9-7-13)22-17(21)14-4-2-12(10-18)3-5-14/h2-9H,1H3. The Morgan fingerprint density at radius 3 is 2.39 bits per heavy atom. The minimum Gasteiger partial charge on any atom is -0.423 e. The molecule has 3 aromatic rings. The summed E-state index contributed by atoms with van der Waals surface area (Å²) in [7, 11) is 0. The first-order valence-electron chi connectivity index (χ1n) is 6.79. The molecule has 1 aromatic heterocycles. The molecule has 0 atom stereocenters. The van der Waals surface area contributed by atoms with Crippen molar-refractivity contribution in [1.29, 1.82) is 5.26 Å². The smallest absolute Gasteiger partial charge is 0.343 e. The Morgan fingerprint density at radius 1 is 1.13 bits per heavy atom. The van der Waals surface area contributed by atoms with Gasteiger partial charge in [0.2, 0.25) is 11.7 Å². The molecule has 0 radical (unpaired) electrons. The van der Waals surface area contributed by atoms with Crippen LogP contribution in [0.2, 0.25) is 0 Å². The Morgan fingerprint density at radius 2 is 1.83 bits per heavy atom. The molecule has 0 aliphatic rings. The van der Waals surface area contributed by atoms with Crippen LogP contribution in [-0.4, -0.2) is 16.1 Å². The second-order valence-electron chi connectivity index (χ2n) is 4.74. The van der Waals surface area contributed by atoms with Gasteiger partial charge in [0.05, 0.1) is 17.2 Å². The lowest BCUT2D eigenvalue weighted by Crippen LogP contribution is -2.08. The van der Waals surface area contributed by atoms with E-state index in [0.29, 0.717) is 28.6 Å². The molecule has 0 aliphatic heterocycles. The Balaban J connectivity index is 1.72. The Hall–Kier alpha value is -3.46. The minimum absolute atomic E-state index is 0.377. The number of carbonyl (C=O) groups is 1.